The first-order valence-electron chi connectivity index (χ1n) is 7.83. The Morgan fingerprint density at radius 3 is 2.20 bits per heavy atom. The van der Waals surface area contributed by atoms with Crippen LogP contribution in [0.2, 0.25) is 0 Å². The molecule has 25 heavy (non-hydrogen) atoms. The lowest BCUT2D eigenvalue weighted by molar-refractivity contribution is -0.116. The van der Waals surface area contributed by atoms with Crippen LogP contribution in [0.3, 0.4) is 0 Å². The molecule has 1 amide bonds. The molecule has 0 spiro atoms. The van der Waals surface area contributed by atoms with Crippen molar-refractivity contribution in [3.8, 4) is 0 Å². The van der Waals surface area contributed by atoms with E-state index in [2.05, 4.69) is 5.32 Å². The average molecular weight is 358 g/mol. The molecule has 5 nitrogen and oxygen atoms in total. The van der Waals surface area contributed by atoms with Crippen molar-refractivity contribution >= 4 is 22.0 Å². The minimum absolute atomic E-state index is 0.203. The van der Waals surface area contributed by atoms with E-state index in [9.17, 15) is 13.2 Å². The molecule has 0 aromatic heterocycles. The van der Waals surface area contributed by atoms with E-state index in [1.165, 1.54) is 37.9 Å². The van der Waals surface area contributed by atoms with Crippen molar-refractivity contribution in [2.45, 2.75) is 18.4 Å². The molecular weight excluding hydrogens is 336 g/mol. The number of aryl methyl sites for hydroxylation is 1. The first-order chi connectivity index (χ1) is 11.8. The molecule has 0 fully saturated rings. The fourth-order valence-electron chi connectivity index (χ4n) is 2.09. The van der Waals surface area contributed by atoms with Crippen LogP contribution in [0.4, 0.5) is 0 Å². The summed E-state index contributed by atoms with van der Waals surface area (Å²) in [5, 5.41) is 2.81. The molecular formula is C19H22N2O3S. The zero-order valence-corrected chi connectivity index (χ0v) is 15.4. The molecule has 0 bridgehead atoms. The van der Waals surface area contributed by atoms with Gasteiger partial charge in [0.15, 0.2) is 0 Å². The molecule has 1 N–H and O–H groups in total. The number of rotatable bonds is 6. The number of nitrogens with zero attached hydrogens (tertiary/aromatic N) is 1. The van der Waals surface area contributed by atoms with Crippen LogP contribution >= 0.6 is 0 Å². The summed E-state index contributed by atoms with van der Waals surface area (Å²) in [7, 11) is -0.462. The molecule has 0 aliphatic rings. The predicted octanol–water partition coefficient (Wildman–Crippen LogP) is 2.57. The van der Waals surface area contributed by atoms with E-state index in [1.807, 2.05) is 31.2 Å². The van der Waals surface area contributed by atoms with Gasteiger partial charge in [0.2, 0.25) is 15.9 Å². The molecule has 6 heteroatoms. The summed E-state index contributed by atoms with van der Waals surface area (Å²) in [6.45, 7) is 2.48. The Morgan fingerprint density at radius 2 is 1.64 bits per heavy atom. The Kier molecular flexibility index (Phi) is 6.12. The molecule has 2 aromatic carbocycles. The molecule has 2 aromatic rings. The van der Waals surface area contributed by atoms with Gasteiger partial charge in [-0.15, -0.1) is 0 Å². The Labute approximate surface area is 149 Å². The van der Waals surface area contributed by atoms with E-state index in [1.54, 1.807) is 18.2 Å². The summed E-state index contributed by atoms with van der Waals surface area (Å²) < 4.78 is 25.2. The molecule has 0 saturated heterocycles. The highest BCUT2D eigenvalue weighted by atomic mass is 32.2. The van der Waals surface area contributed by atoms with Crippen LogP contribution in [0, 0.1) is 6.92 Å². The van der Waals surface area contributed by atoms with Crippen LogP contribution < -0.4 is 5.32 Å². The van der Waals surface area contributed by atoms with Gasteiger partial charge < -0.3 is 5.32 Å². The zero-order valence-electron chi connectivity index (χ0n) is 14.6. The molecule has 0 aliphatic carbocycles. The van der Waals surface area contributed by atoms with E-state index in [-0.39, 0.29) is 10.8 Å². The summed E-state index contributed by atoms with van der Waals surface area (Å²) in [5.74, 6) is -0.203. The first kappa shape index (κ1) is 18.9. The van der Waals surface area contributed by atoms with Gasteiger partial charge in [0.05, 0.1) is 4.90 Å². The van der Waals surface area contributed by atoms with Gasteiger partial charge in [0, 0.05) is 26.7 Å². The van der Waals surface area contributed by atoms with Crippen molar-refractivity contribution in [3.63, 3.8) is 0 Å². The number of benzene rings is 2. The number of sulfonamides is 1. The number of amides is 1. The molecule has 0 atom stereocenters. The maximum atomic E-state index is 12.0. The fraction of sp³-hybridized carbons (Fsp3) is 0.211. The highest BCUT2D eigenvalue weighted by molar-refractivity contribution is 7.89. The normalized spacial score (nSPS) is 11.8. The van der Waals surface area contributed by atoms with Gasteiger partial charge in [0.25, 0.3) is 0 Å². The summed E-state index contributed by atoms with van der Waals surface area (Å²) in [6.07, 6.45) is 3.08. The molecule has 0 unspecified atom stereocenters. The van der Waals surface area contributed by atoms with Crippen LogP contribution in [0.25, 0.3) is 6.08 Å². The summed E-state index contributed by atoms with van der Waals surface area (Å²) in [5.41, 5.74) is 2.96. The largest absolute Gasteiger partial charge is 0.348 e. The lowest BCUT2D eigenvalue weighted by Crippen LogP contribution is -2.22. The highest BCUT2D eigenvalue weighted by Gasteiger charge is 2.16. The lowest BCUT2D eigenvalue weighted by atomic mass is 10.1. The Balaban J connectivity index is 1.94. The van der Waals surface area contributed by atoms with Gasteiger partial charge in [-0.05, 0) is 36.3 Å². The van der Waals surface area contributed by atoms with Crippen LogP contribution in [-0.2, 0) is 21.4 Å². The van der Waals surface area contributed by atoms with Crippen LogP contribution in [0.15, 0.2) is 59.5 Å². The highest BCUT2D eigenvalue weighted by Crippen LogP contribution is 2.14. The Morgan fingerprint density at radius 1 is 1.04 bits per heavy atom. The van der Waals surface area contributed by atoms with E-state index in [4.69, 9.17) is 0 Å². The number of carbonyl (C=O) groups is 1. The van der Waals surface area contributed by atoms with Gasteiger partial charge in [-0.2, -0.15) is 0 Å². The van der Waals surface area contributed by atoms with Crippen molar-refractivity contribution in [2.75, 3.05) is 14.1 Å². The average Bonchev–Trinajstić information content (AvgIpc) is 2.59. The third-order valence-corrected chi connectivity index (χ3v) is 5.50. The maximum Gasteiger partial charge on any atom is 0.244 e. The number of hydrogen-bond donors (Lipinski definition) is 1. The van der Waals surface area contributed by atoms with Crippen molar-refractivity contribution in [2.24, 2.45) is 0 Å². The second kappa shape index (κ2) is 8.09. The third-order valence-electron chi connectivity index (χ3n) is 3.67. The first-order valence-corrected chi connectivity index (χ1v) is 9.27. The minimum Gasteiger partial charge on any atom is -0.348 e. The van der Waals surface area contributed by atoms with Gasteiger partial charge in [-0.3, -0.25) is 4.79 Å². The van der Waals surface area contributed by atoms with Crippen LogP contribution in [-0.4, -0.2) is 32.7 Å². The van der Waals surface area contributed by atoms with Crippen LogP contribution in [0.5, 0.6) is 0 Å². The quantitative estimate of drug-likeness (QED) is 0.807. The molecule has 0 aliphatic heterocycles. The van der Waals surface area contributed by atoms with Gasteiger partial charge >= 0.3 is 0 Å². The summed E-state index contributed by atoms with van der Waals surface area (Å²) in [4.78, 5) is 12.1. The molecule has 2 rings (SSSR count). The van der Waals surface area contributed by atoms with E-state index < -0.39 is 10.0 Å². The van der Waals surface area contributed by atoms with E-state index in [0.29, 0.717) is 6.54 Å². The monoisotopic (exact) mass is 358 g/mol. The van der Waals surface area contributed by atoms with E-state index in [0.717, 1.165) is 15.4 Å². The molecule has 0 saturated carbocycles. The SMILES string of the molecule is Cc1ccc(CNC(=O)/C=C/c2ccc(S(=O)(=O)N(C)C)cc2)cc1. The third kappa shape index (κ3) is 5.27. The number of carbonyl (C=O) groups excluding carboxylic acids is 1. The molecule has 0 radical (unpaired) electrons. The maximum absolute atomic E-state index is 12.0. The minimum atomic E-state index is -3.44. The van der Waals surface area contributed by atoms with Crippen LogP contribution in [0.1, 0.15) is 16.7 Å². The summed E-state index contributed by atoms with van der Waals surface area (Å²) >= 11 is 0. The zero-order chi connectivity index (χ0) is 18.4. The fourth-order valence-corrected chi connectivity index (χ4v) is 2.99. The second-order valence-electron chi connectivity index (χ2n) is 5.89. The summed E-state index contributed by atoms with van der Waals surface area (Å²) in [6, 6.07) is 14.3. The molecule has 0 heterocycles. The number of hydrogen-bond acceptors (Lipinski definition) is 3. The predicted molar refractivity (Wildman–Crippen MR) is 99.4 cm³/mol. The van der Waals surface area contributed by atoms with Crippen molar-refractivity contribution in [3.05, 3.63) is 71.3 Å². The van der Waals surface area contributed by atoms with Gasteiger partial charge in [-0.25, -0.2) is 12.7 Å². The molecule has 132 valence electrons. The Bertz CT molecular complexity index is 853. The van der Waals surface area contributed by atoms with Crippen molar-refractivity contribution in [1.29, 1.82) is 0 Å². The standard InChI is InChI=1S/C19H22N2O3S/c1-15-4-6-17(7-5-15)14-20-19(22)13-10-16-8-11-18(12-9-16)25(23,24)21(2)3/h4-13H,14H2,1-3H3,(H,20,22)/b13-10+. The number of nitrogens with one attached hydrogen (secondary N) is 1. The van der Waals surface area contributed by atoms with Crippen molar-refractivity contribution in [1.82, 2.24) is 9.62 Å². The Hall–Kier alpha value is -2.44. The van der Waals surface area contributed by atoms with E-state index >= 15 is 0 Å². The smallest absolute Gasteiger partial charge is 0.244 e. The lowest BCUT2D eigenvalue weighted by Gasteiger charge is -2.11. The topological polar surface area (TPSA) is 66.5 Å². The van der Waals surface area contributed by atoms with Gasteiger partial charge in [-0.1, -0.05) is 42.0 Å². The van der Waals surface area contributed by atoms with Crippen molar-refractivity contribution < 1.29 is 13.2 Å². The second-order valence-corrected chi connectivity index (χ2v) is 8.05. The van der Waals surface area contributed by atoms with Gasteiger partial charge in [0.1, 0.15) is 0 Å².